The number of halogens is 2. The van der Waals surface area contributed by atoms with E-state index in [1.165, 1.54) is 5.56 Å². The van der Waals surface area contributed by atoms with Crippen LogP contribution in [0.5, 0.6) is 0 Å². The van der Waals surface area contributed by atoms with Gasteiger partial charge in [0.25, 0.3) is 0 Å². The van der Waals surface area contributed by atoms with E-state index in [4.69, 9.17) is 23.2 Å². The second-order valence-corrected chi connectivity index (χ2v) is 8.77. The molecule has 1 heterocycles. The molecule has 0 saturated heterocycles. The Labute approximate surface area is 189 Å². The van der Waals surface area contributed by atoms with E-state index in [1.54, 1.807) is 24.3 Å². The van der Waals surface area contributed by atoms with Crippen molar-refractivity contribution in [3.8, 4) is 11.4 Å². The largest absolute Gasteiger partial charge is 0.388 e. The normalized spacial score (nSPS) is 15.8. The van der Waals surface area contributed by atoms with Crippen molar-refractivity contribution in [1.82, 2.24) is 9.97 Å². The van der Waals surface area contributed by atoms with E-state index in [0.29, 0.717) is 27.0 Å². The standard InChI is InChI=1S/C25H20Cl2N2O2/c26-18-4-2-5-19(27)24(18)25-28-20-10-9-16(13-21(20)29-25)23(31)12-14-7-8-15-3-1-6-22(30)17(15)11-14/h2,4-5,7-11,13,22,30H,1,3,6,12H2,(H,28,29). The van der Waals surface area contributed by atoms with Gasteiger partial charge in [0.15, 0.2) is 5.78 Å². The summed E-state index contributed by atoms with van der Waals surface area (Å²) >= 11 is 12.6. The average molecular weight is 451 g/mol. The number of H-pyrrole nitrogens is 1. The molecule has 31 heavy (non-hydrogen) atoms. The Morgan fingerprint density at radius 2 is 1.90 bits per heavy atom. The summed E-state index contributed by atoms with van der Waals surface area (Å²) in [5.74, 6) is 0.581. The molecule has 0 spiro atoms. The molecule has 0 amide bonds. The number of fused-ring (bicyclic) bond motifs is 2. The van der Waals surface area contributed by atoms with Crippen LogP contribution < -0.4 is 0 Å². The maximum absolute atomic E-state index is 13.0. The first-order valence-electron chi connectivity index (χ1n) is 10.3. The van der Waals surface area contributed by atoms with Crippen LogP contribution in [0.4, 0.5) is 0 Å². The summed E-state index contributed by atoms with van der Waals surface area (Å²) < 4.78 is 0. The fourth-order valence-corrected chi connectivity index (χ4v) is 4.82. The summed E-state index contributed by atoms with van der Waals surface area (Å²) in [7, 11) is 0. The van der Waals surface area contributed by atoms with Crippen LogP contribution in [0.3, 0.4) is 0 Å². The van der Waals surface area contributed by atoms with Gasteiger partial charge in [-0.1, -0.05) is 47.5 Å². The van der Waals surface area contributed by atoms with Crippen LogP contribution in [0.1, 0.15) is 46.0 Å². The van der Waals surface area contributed by atoms with Crippen LogP contribution in [0.2, 0.25) is 10.0 Å². The predicted octanol–water partition coefficient (Wildman–Crippen LogP) is 6.33. The summed E-state index contributed by atoms with van der Waals surface area (Å²) in [6.07, 6.45) is 2.60. The van der Waals surface area contributed by atoms with Gasteiger partial charge in [-0.3, -0.25) is 4.79 Å². The summed E-state index contributed by atoms with van der Waals surface area (Å²) in [4.78, 5) is 20.8. The van der Waals surface area contributed by atoms with Crippen LogP contribution in [-0.4, -0.2) is 20.9 Å². The first kappa shape index (κ1) is 20.3. The summed E-state index contributed by atoms with van der Waals surface area (Å²) in [5.41, 5.74) is 5.78. The third-order valence-electron chi connectivity index (χ3n) is 5.86. The Hall–Kier alpha value is -2.66. The molecule has 5 rings (SSSR count). The molecule has 6 heteroatoms. The second kappa shape index (κ2) is 8.12. The summed E-state index contributed by atoms with van der Waals surface area (Å²) in [6.45, 7) is 0. The number of carbonyl (C=O) groups is 1. The van der Waals surface area contributed by atoms with Crippen molar-refractivity contribution in [2.24, 2.45) is 0 Å². The highest BCUT2D eigenvalue weighted by Crippen LogP contribution is 2.34. The molecular formula is C25H20Cl2N2O2. The van der Waals surface area contributed by atoms with E-state index in [2.05, 4.69) is 9.97 Å². The molecule has 4 aromatic rings. The van der Waals surface area contributed by atoms with Crippen molar-refractivity contribution in [3.63, 3.8) is 0 Å². The number of carbonyl (C=O) groups excluding carboxylic acids is 1. The van der Waals surface area contributed by atoms with Crippen LogP contribution >= 0.6 is 23.2 Å². The lowest BCUT2D eigenvalue weighted by molar-refractivity contribution is 0.0992. The highest BCUT2D eigenvalue weighted by molar-refractivity contribution is 6.39. The molecule has 3 aromatic carbocycles. The third kappa shape index (κ3) is 3.87. The van der Waals surface area contributed by atoms with E-state index < -0.39 is 6.10 Å². The van der Waals surface area contributed by atoms with Gasteiger partial charge in [-0.25, -0.2) is 4.98 Å². The zero-order valence-corrected chi connectivity index (χ0v) is 18.2. The lowest BCUT2D eigenvalue weighted by Gasteiger charge is -2.21. The fourth-order valence-electron chi connectivity index (χ4n) is 4.25. The van der Waals surface area contributed by atoms with E-state index in [1.807, 2.05) is 30.3 Å². The van der Waals surface area contributed by atoms with Gasteiger partial charge in [0, 0.05) is 12.0 Å². The number of Topliss-reactive ketones (excluding diaryl/α,β-unsaturated/α-hetero) is 1. The van der Waals surface area contributed by atoms with Crippen LogP contribution in [0.15, 0.2) is 54.6 Å². The SMILES string of the molecule is O=C(Cc1ccc2c(c1)C(O)CCC2)c1ccc2nc(-c3c(Cl)cccc3Cl)[nH]c2c1. The number of rotatable bonds is 4. The zero-order chi connectivity index (χ0) is 21.5. The van der Waals surface area contributed by atoms with Gasteiger partial charge in [0.2, 0.25) is 0 Å². The first-order chi connectivity index (χ1) is 15.0. The Morgan fingerprint density at radius 3 is 2.71 bits per heavy atom. The molecule has 1 atom stereocenters. The number of hydrogen-bond acceptors (Lipinski definition) is 3. The number of hydrogen-bond donors (Lipinski definition) is 2. The Kier molecular flexibility index (Phi) is 5.30. The number of nitrogens with one attached hydrogen (secondary N) is 1. The number of aryl methyl sites for hydroxylation is 1. The summed E-state index contributed by atoms with van der Waals surface area (Å²) in [6, 6.07) is 16.7. The van der Waals surface area contributed by atoms with Gasteiger partial charge in [-0.15, -0.1) is 0 Å². The van der Waals surface area contributed by atoms with Gasteiger partial charge < -0.3 is 10.1 Å². The molecule has 1 aliphatic rings. The number of imidazole rings is 1. The number of aliphatic hydroxyl groups is 1. The number of ketones is 1. The highest BCUT2D eigenvalue weighted by atomic mass is 35.5. The molecule has 1 aromatic heterocycles. The van der Waals surface area contributed by atoms with Gasteiger partial charge in [0.05, 0.1) is 32.7 Å². The number of aliphatic hydroxyl groups excluding tert-OH is 1. The van der Waals surface area contributed by atoms with Gasteiger partial charge in [0.1, 0.15) is 5.82 Å². The van der Waals surface area contributed by atoms with Gasteiger partial charge in [-0.05, 0) is 66.3 Å². The van der Waals surface area contributed by atoms with Gasteiger partial charge in [-0.2, -0.15) is 0 Å². The molecule has 0 radical (unpaired) electrons. The van der Waals surface area contributed by atoms with E-state index in [0.717, 1.165) is 41.4 Å². The van der Waals surface area contributed by atoms with Crippen LogP contribution in [0.25, 0.3) is 22.4 Å². The van der Waals surface area contributed by atoms with E-state index in [9.17, 15) is 9.90 Å². The van der Waals surface area contributed by atoms with Gasteiger partial charge >= 0.3 is 0 Å². The zero-order valence-electron chi connectivity index (χ0n) is 16.7. The maximum atomic E-state index is 13.0. The van der Waals surface area contributed by atoms with Crippen molar-refractivity contribution in [1.29, 1.82) is 0 Å². The minimum absolute atomic E-state index is 0.0130. The third-order valence-corrected chi connectivity index (χ3v) is 6.49. The molecule has 156 valence electrons. The minimum Gasteiger partial charge on any atom is -0.388 e. The molecule has 2 N–H and O–H groups in total. The maximum Gasteiger partial charge on any atom is 0.167 e. The number of nitrogens with zero attached hydrogens (tertiary/aromatic N) is 1. The fraction of sp³-hybridized carbons (Fsp3) is 0.200. The first-order valence-corrected chi connectivity index (χ1v) is 11.0. The Bertz CT molecular complexity index is 1290. The number of aromatic nitrogens is 2. The van der Waals surface area contributed by atoms with Crippen molar-refractivity contribution < 1.29 is 9.90 Å². The molecular weight excluding hydrogens is 431 g/mol. The Balaban J connectivity index is 1.43. The molecule has 1 aliphatic carbocycles. The molecule has 0 bridgehead atoms. The lowest BCUT2D eigenvalue weighted by Crippen LogP contribution is -2.11. The number of aromatic amines is 1. The van der Waals surface area contributed by atoms with Crippen LogP contribution in [-0.2, 0) is 12.8 Å². The van der Waals surface area contributed by atoms with E-state index in [-0.39, 0.29) is 12.2 Å². The average Bonchev–Trinajstić information content (AvgIpc) is 3.17. The van der Waals surface area contributed by atoms with Crippen LogP contribution in [0, 0.1) is 0 Å². The molecule has 0 saturated carbocycles. The molecule has 0 fully saturated rings. The lowest BCUT2D eigenvalue weighted by atomic mass is 9.87. The number of benzene rings is 3. The van der Waals surface area contributed by atoms with Crippen molar-refractivity contribution in [2.45, 2.75) is 31.8 Å². The predicted molar refractivity (Wildman–Crippen MR) is 124 cm³/mol. The van der Waals surface area contributed by atoms with Crippen molar-refractivity contribution >= 4 is 40.0 Å². The molecule has 0 aliphatic heterocycles. The highest BCUT2D eigenvalue weighted by Gasteiger charge is 2.19. The summed E-state index contributed by atoms with van der Waals surface area (Å²) in [5, 5.41) is 11.3. The van der Waals surface area contributed by atoms with Crippen molar-refractivity contribution in [3.05, 3.63) is 86.9 Å². The smallest absolute Gasteiger partial charge is 0.167 e. The topological polar surface area (TPSA) is 66.0 Å². The molecule has 1 unspecified atom stereocenters. The van der Waals surface area contributed by atoms with Crippen molar-refractivity contribution in [2.75, 3.05) is 0 Å². The minimum atomic E-state index is -0.435. The second-order valence-electron chi connectivity index (χ2n) is 7.96. The van der Waals surface area contributed by atoms with E-state index >= 15 is 0 Å². The molecule has 4 nitrogen and oxygen atoms in total. The Morgan fingerprint density at radius 1 is 1.10 bits per heavy atom. The monoisotopic (exact) mass is 450 g/mol. The quantitative estimate of drug-likeness (QED) is 0.356.